The predicted octanol–water partition coefficient (Wildman–Crippen LogP) is 2.65. The molecular weight excluding hydrogens is 288 g/mol. The molecule has 1 rings (SSSR count). The van der Waals surface area contributed by atoms with Crippen LogP contribution in [0, 0.1) is 0 Å². The van der Waals surface area contributed by atoms with Crippen LogP contribution in [0.25, 0.3) is 0 Å². The Balaban J connectivity index is 2.69. The predicted molar refractivity (Wildman–Crippen MR) is 72.6 cm³/mol. The molecule has 0 aromatic heterocycles. The molecule has 88 valence electrons. The van der Waals surface area contributed by atoms with E-state index in [0.717, 1.165) is 9.37 Å². The molecule has 0 heterocycles. The van der Waals surface area contributed by atoms with Gasteiger partial charge in [-0.15, -0.1) is 11.8 Å². The van der Waals surface area contributed by atoms with E-state index in [0.29, 0.717) is 12.2 Å². The topological polar surface area (TPSA) is 55.1 Å². The van der Waals surface area contributed by atoms with Crippen LogP contribution in [0.2, 0.25) is 0 Å². The SMILES string of the molecule is CCNC(=O)C(C)Sc1ccc(N)cc1Br. The molecule has 0 saturated heterocycles. The Morgan fingerprint density at radius 2 is 2.31 bits per heavy atom. The Bertz CT molecular complexity index is 384. The minimum Gasteiger partial charge on any atom is -0.399 e. The first-order valence-corrected chi connectivity index (χ1v) is 6.71. The number of carbonyl (C=O) groups excluding carboxylic acids is 1. The third kappa shape index (κ3) is 3.72. The van der Waals surface area contributed by atoms with Gasteiger partial charge in [-0.2, -0.15) is 0 Å². The van der Waals surface area contributed by atoms with Crippen molar-refractivity contribution in [2.75, 3.05) is 12.3 Å². The lowest BCUT2D eigenvalue weighted by molar-refractivity contribution is -0.120. The van der Waals surface area contributed by atoms with Gasteiger partial charge in [-0.05, 0) is 48.0 Å². The van der Waals surface area contributed by atoms with Crippen LogP contribution in [-0.4, -0.2) is 17.7 Å². The Morgan fingerprint density at radius 1 is 1.62 bits per heavy atom. The molecule has 1 atom stereocenters. The Morgan fingerprint density at radius 3 is 2.88 bits per heavy atom. The van der Waals surface area contributed by atoms with Crippen molar-refractivity contribution >= 4 is 39.3 Å². The van der Waals surface area contributed by atoms with Gasteiger partial charge in [0, 0.05) is 21.6 Å². The number of carbonyl (C=O) groups is 1. The van der Waals surface area contributed by atoms with E-state index >= 15 is 0 Å². The second-order valence-electron chi connectivity index (χ2n) is 3.34. The number of amides is 1. The first-order valence-electron chi connectivity index (χ1n) is 5.04. The van der Waals surface area contributed by atoms with Crippen molar-refractivity contribution in [2.24, 2.45) is 0 Å². The van der Waals surface area contributed by atoms with E-state index < -0.39 is 0 Å². The molecule has 1 amide bonds. The third-order valence-corrected chi connectivity index (χ3v) is 4.08. The quantitative estimate of drug-likeness (QED) is 0.664. The number of hydrogen-bond donors (Lipinski definition) is 2. The molecule has 0 aliphatic rings. The van der Waals surface area contributed by atoms with Crippen LogP contribution in [0.3, 0.4) is 0 Å². The summed E-state index contributed by atoms with van der Waals surface area (Å²) in [5, 5.41) is 2.69. The fourth-order valence-corrected chi connectivity index (χ4v) is 2.74. The largest absolute Gasteiger partial charge is 0.399 e. The van der Waals surface area contributed by atoms with E-state index in [2.05, 4.69) is 21.2 Å². The summed E-state index contributed by atoms with van der Waals surface area (Å²) < 4.78 is 0.925. The summed E-state index contributed by atoms with van der Waals surface area (Å²) >= 11 is 4.94. The van der Waals surface area contributed by atoms with Gasteiger partial charge >= 0.3 is 0 Å². The number of nitrogen functional groups attached to an aromatic ring is 1. The summed E-state index contributed by atoms with van der Waals surface area (Å²) in [6, 6.07) is 5.59. The molecule has 16 heavy (non-hydrogen) atoms. The normalized spacial score (nSPS) is 12.2. The fourth-order valence-electron chi connectivity index (χ4n) is 1.17. The molecule has 3 N–H and O–H groups in total. The molecule has 0 aliphatic heterocycles. The van der Waals surface area contributed by atoms with E-state index in [4.69, 9.17) is 5.73 Å². The van der Waals surface area contributed by atoms with Crippen molar-refractivity contribution in [3.63, 3.8) is 0 Å². The summed E-state index contributed by atoms with van der Waals surface area (Å²) in [5.41, 5.74) is 6.36. The second-order valence-corrected chi connectivity index (χ2v) is 5.58. The van der Waals surface area contributed by atoms with Crippen LogP contribution in [0.4, 0.5) is 5.69 Å². The molecule has 1 aromatic rings. The van der Waals surface area contributed by atoms with Gasteiger partial charge in [0.2, 0.25) is 5.91 Å². The molecule has 5 heteroatoms. The van der Waals surface area contributed by atoms with Crippen LogP contribution in [0.5, 0.6) is 0 Å². The maximum atomic E-state index is 11.6. The molecule has 0 aliphatic carbocycles. The number of nitrogens with one attached hydrogen (secondary N) is 1. The monoisotopic (exact) mass is 302 g/mol. The molecule has 3 nitrogen and oxygen atoms in total. The average molecular weight is 303 g/mol. The van der Waals surface area contributed by atoms with Gasteiger partial charge in [0.25, 0.3) is 0 Å². The number of nitrogens with two attached hydrogens (primary N) is 1. The lowest BCUT2D eigenvalue weighted by atomic mass is 10.3. The van der Waals surface area contributed by atoms with Gasteiger partial charge < -0.3 is 11.1 Å². The molecule has 0 bridgehead atoms. The van der Waals surface area contributed by atoms with E-state index in [1.54, 1.807) is 0 Å². The number of hydrogen-bond acceptors (Lipinski definition) is 3. The lowest BCUT2D eigenvalue weighted by Gasteiger charge is -2.12. The van der Waals surface area contributed by atoms with Crippen LogP contribution in [-0.2, 0) is 4.79 Å². The summed E-state index contributed by atoms with van der Waals surface area (Å²) in [6.45, 7) is 4.46. The number of rotatable bonds is 4. The van der Waals surface area contributed by atoms with Crippen molar-refractivity contribution < 1.29 is 4.79 Å². The molecular formula is C11H15BrN2OS. The third-order valence-electron chi connectivity index (χ3n) is 1.98. The average Bonchev–Trinajstić information content (AvgIpc) is 2.22. The summed E-state index contributed by atoms with van der Waals surface area (Å²) in [6.07, 6.45) is 0. The van der Waals surface area contributed by atoms with E-state index in [9.17, 15) is 4.79 Å². The van der Waals surface area contributed by atoms with Gasteiger partial charge in [-0.25, -0.2) is 0 Å². The minimum atomic E-state index is -0.111. The second kappa shape index (κ2) is 6.15. The fraction of sp³-hybridized carbons (Fsp3) is 0.364. The van der Waals surface area contributed by atoms with Crippen molar-refractivity contribution in [3.8, 4) is 0 Å². The van der Waals surface area contributed by atoms with Crippen LogP contribution < -0.4 is 11.1 Å². The highest BCUT2D eigenvalue weighted by molar-refractivity contribution is 9.10. The minimum absolute atomic E-state index is 0.0521. The zero-order valence-electron chi connectivity index (χ0n) is 9.29. The molecule has 1 aromatic carbocycles. The van der Waals surface area contributed by atoms with Gasteiger partial charge in [-0.1, -0.05) is 0 Å². The maximum absolute atomic E-state index is 11.6. The Labute approximate surface area is 108 Å². The Kier molecular flexibility index (Phi) is 5.15. The zero-order chi connectivity index (χ0) is 12.1. The van der Waals surface area contributed by atoms with Crippen molar-refractivity contribution in [1.29, 1.82) is 0 Å². The van der Waals surface area contributed by atoms with Gasteiger partial charge in [0.1, 0.15) is 0 Å². The molecule has 1 unspecified atom stereocenters. The van der Waals surface area contributed by atoms with Crippen molar-refractivity contribution in [1.82, 2.24) is 5.32 Å². The number of thioether (sulfide) groups is 1. The highest BCUT2D eigenvalue weighted by Gasteiger charge is 2.14. The number of anilines is 1. The van der Waals surface area contributed by atoms with Crippen LogP contribution >= 0.6 is 27.7 Å². The zero-order valence-corrected chi connectivity index (χ0v) is 11.7. The molecule has 0 radical (unpaired) electrons. The van der Waals surface area contributed by atoms with Crippen LogP contribution in [0.1, 0.15) is 13.8 Å². The summed E-state index contributed by atoms with van der Waals surface area (Å²) in [5.74, 6) is 0.0521. The van der Waals surface area contributed by atoms with Gasteiger partial charge in [0.05, 0.1) is 5.25 Å². The summed E-state index contributed by atoms with van der Waals surface area (Å²) in [7, 11) is 0. The smallest absolute Gasteiger partial charge is 0.233 e. The standard InChI is InChI=1S/C11H15BrN2OS/c1-3-14-11(15)7(2)16-10-5-4-8(13)6-9(10)12/h4-7H,3,13H2,1-2H3,(H,14,15). The van der Waals surface area contributed by atoms with Gasteiger partial charge in [-0.3, -0.25) is 4.79 Å². The molecule has 0 saturated carbocycles. The highest BCUT2D eigenvalue weighted by atomic mass is 79.9. The first kappa shape index (κ1) is 13.4. The molecule has 0 spiro atoms. The van der Waals surface area contributed by atoms with Crippen molar-refractivity contribution in [2.45, 2.75) is 24.0 Å². The number of halogens is 1. The van der Waals surface area contributed by atoms with E-state index in [-0.39, 0.29) is 11.2 Å². The lowest BCUT2D eigenvalue weighted by Crippen LogP contribution is -2.30. The summed E-state index contributed by atoms with van der Waals surface area (Å²) in [4.78, 5) is 12.6. The van der Waals surface area contributed by atoms with E-state index in [1.807, 2.05) is 32.0 Å². The molecule has 0 fully saturated rings. The first-order chi connectivity index (χ1) is 7.54. The maximum Gasteiger partial charge on any atom is 0.233 e. The van der Waals surface area contributed by atoms with Crippen LogP contribution in [0.15, 0.2) is 27.6 Å². The Hall–Kier alpha value is -0.680. The highest BCUT2D eigenvalue weighted by Crippen LogP contribution is 2.31. The number of benzene rings is 1. The van der Waals surface area contributed by atoms with Crippen molar-refractivity contribution in [3.05, 3.63) is 22.7 Å². The van der Waals surface area contributed by atoms with E-state index in [1.165, 1.54) is 11.8 Å². The van der Waals surface area contributed by atoms with Gasteiger partial charge in [0.15, 0.2) is 0 Å².